The molecular weight excluding hydrogens is 402 g/mol. The van der Waals surface area contributed by atoms with Crippen LogP contribution >= 0.6 is 0 Å². The van der Waals surface area contributed by atoms with Crippen molar-refractivity contribution >= 4 is 17.5 Å². The van der Waals surface area contributed by atoms with Crippen LogP contribution in [0.2, 0.25) is 0 Å². The number of hydrogen-bond donors (Lipinski definition) is 3. The van der Waals surface area contributed by atoms with Crippen LogP contribution in [0.4, 0.5) is 5.69 Å². The van der Waals surface area contributed by atoms with Crippen LogP contribution in [0.3, 0.4) is 0 Å². The van der Waals surface area contributed by atoms with Crippen molar-refractivity contribution in [2.75, 3.05) is 32.1 Å². The molecule has 0 aromatic heterocycles. The molecule has 0 fully saturated rings. The number of amides is 2. The van der Waals surface area contributed by atoms with E-state index in [1.807, 2.05) is 36.4 Å². The van der Waals surface area contributed by atoms with Gasteiger partial charge in [-0.15, -0.1) is 0 Å². The van der Waals surface area contributed by atoms with E-state index in [9.17, 15) is 14.7 Å². The molecule has 0 saturated heterocycles. The molecule has 0 spiro atoms. The first-order valence-corrected chi connectivity index (χ1v) is 10.7. The molecule has 2 amide bonds. The summed E-state index contributed by atoms with van der Waals surface area (Å²) in [7, 11) is 1.58. The molecule has 3 aromatic rings. The van der Waals surface area contributed by atoms with E-state index in [0.717, 1.165) is 11.1 Å². The van der Waals surface area contributed by atoms with Crippen molar-refractivity contribution in [3.63, 3.8) is 0 Å². The molecule has 0 bridgehead atoms. The van der Waals surface area contributed by atoms with Gasteiger partial charge >= 0.3 is 0 Å². The Morgan fingerprint density at radius 2 is 1.44 bits per heavy atom. The van der Waals surface area contributed by atoms with Crippen molar-refractivity contribution < 1.29 is 14.7 Å². The van der Waals surface area contributed by atoms with Gasteiger partial charge in [-0.05, 0) is 41.8 Å². The maximum absolute atomic E-state index is 12.9. The highest BCUT2D eigenvalue weighted by molar-refractivity contribution is 5.96. The van der Waals surface area contributed by atoms with Gasteiger partial charge in [-0.1, -0.05) is 60.7 Å². The molecule has 0 aliphatic rings. The Labute approximate surface area is 188 Å². The lowest BCUT2D eigenvalue weighted by atomic mass is 9.96. The summed E-state index contributed by atoms with van der Waals surface area (Å²) in [5, 5.41) is 14.9. The Morgan fingerprint density at radius 3 is 1.94 bits per heavy atom. The summed E-state index contributed by atoms with van der Waals surface area (Å²) in [5.74, 6) is -0.334. The monoisotopic (exact) mass is 431 g/mol. The molecule has 0 atom stereocenters. The Hall–Kier alpha value is -3.48. The number of aliphatic hydroxyl groups is 1. The van der Waals surface area contributed by atoms with Gasteiger partial charge in [-0.2, -0.15) is 0 Å². The van der Waals surface area contributed by atoms with E-state index in [1.54, 1.807) is 31.3 Å². The summed E-state index contributed by atoms with van der Waals surface area (Å²) in [6, 6.07) is 26.8. The average Bonchev–Trinajstić information content (AvgIpc) is 2.84. The van der Waals surface area contributed by atoms with Crippen molar-refractivity contribution in [1.29, 1.82) is 0 Å². The van der Waals surface area contributed by atoms with E-state index in [4.69, 9.17) is 0 Å². The zero-order valence-corrected chi connectivity index (χ0v) is 18.2. The molecule has 6 nitrogen and oxygen atoms in total. The van der Waals surface area contributed by atoms with Crippen molar-refractivity contribution in [2.45, 2.75) is 12.5 Å². The van der Waals surface area contributed by atoms with Gasteiger partial charge in [0.1, 0.15) is 0 Å². The number of nitrogens with zero attached hydrogens (tertiary/aromatic N) is 1. The molecule has 0 aliphatic carbocycles. The average molecular weight is 432 g/mol. The highest BCUT2D eigenvalue weighted by Gasteiger charge is 2.24. The van der Waals surface area contributed by atoms with E-state index in [2.05, 4.69) is 39.8 Å². The fraction of sp³-hybridized carbons (Fsp3) is 0.231. The third-order valence-corrected chi connectivity index (χ3v) is 5.20. The molecule has 0 saturated carbocycles. The van der Waals surface area contributed by atoms with Crippen LogP contribution in [0, 0.1) is 0 Å². The third kappa shape index (κ3) is 6.26. The number of rotatable bonds is 10. The van der Waals surface area contributed by atoms with Crippen LogP contribution in [0.15, 0.2) is 84.9 Å². The minimum Gasteiger partial charge on any atom is -0.396 e. The van der Waals surface area contributed by atoms with Gasteiger partial charge in [0.15, 0.2) is 0 Å². The number of aliphatic hydroxyl groups excluding tert-OH is 1. The summed E-state index contributed by atoms with van der Waals surface area (Å²) in [5.41, 5.74) is 3.32. The number of hydrogen-bond acceptors (Lipinski definition) is 4. The minimum absolute atomic E-state index is 0.0510. The van der Waals surface area contributed by atoms with Gasteiger partial charge in [-0.25, -0.2) is 0 Å². The number of benzene rings is 3. The molecule has 0 unspecified atom stereocenters. The lowest BCUT2D eigenvalue weighted by Crippen LogP contribution is -2.38. The summed E-state index contributed by atoms with van der Waals surface area (Å²) in [6.45, 7) is 0.773. The molecule has 0 radical (unpaired) electrons. The molecular formula is C26H29N3O3. The highest BCUT2D eigenvalue weighted by Crippen LogP contribution is 2.28. The second-order valence-corrected chi connectivity index (χ2v) is 7.48. The van der Waals surface area contributed by atoms with Crippen molar-refractivity contribution in [2.24, 2.45) is 0 Å². The summed E-state index contributed by atoms with van der Waals surface area (Å²) in [6.07, 6.45) is 0.560. The maximum atomic E-state index is 12.9. The molecule has 3 aromatic carbocycles. The third-order valence-electron chi connectivity index (χ3n) is 5.20. The molecule has 6 heteroatoms. The van der Waals surface area contributed by atoms with Crippen LogP contribution in [-0.4, -0.2) is 48.6 Å². The lowest BCUT2D eigenvalue weighted by molar-refractivity contribution is -0.117. The van der Waals surface area contributed by atoms with Crippen molar-refractivity contribution in [1.82, 2.24) is 10.2 Å². The van der Waals surface area contributed by atoms with E-state index < -0.39 is 0 Å². The van der Waals surface area contributed by atoms with Gasteiger partial charge in [0.05, 0.1) is 12.6 Å². The van der Waals surface area contributed by atoms with Gasteiger partial charge in [-0.3, -0.25) is 14.5 Å². The zero-order valence-electron chi connectivity index (χ0n) is 18.2. The van der Waals surface area contributed by atoms with Crippen molar-refractivity contribution in [3.05, 3.63) is 102 Å². The molecule has 3 rings (SSSR count). The first kappa shape index (κ1) is 23.2. The van der Waals surface area contributed by atoms with Crippen LogP contribution in [0.1, 0.15) is 33.9 Å². The smallest absolute Gasteiger partial charge is 0.251 e. The number of carbonyl (C=O) groups is 2. The van der Waals surface area contributed by atoms with Gasteiger partial charge in [0.25, 0.3) is 5.91 Å². The Balaban J connectivity index is 1.81. The molecule has 32 heavy (non-hydrogen) atoms. The highest BCUT2D eigenvalue weighted by atomic mass is 16.3. The number of carbonyl (C=O) groups excluding carboxylic acids is 2. The SMILES string of the molecule is CNC(=O)c1ccc(NC(=O)CN(CCCO)C(c2ccccc2)c2ccccc2)cc1. The summed E-state index contributed by atoms with van der Waals surface area (Å²) in [4.78, 5) is 26.7. The van der Waals surface area contributed by atoms with E-state index in [-0.39, 0.29) is 31.0 Å². The standard InChI is InChI=1S/C26H29N3O3/c1-27-26(32)22-13-15-23(16-14-22)28-24(31)19-29(17-8-18-30)25(20-9-4-2-5-10-20)21-11-6-3-7-12-21/h2-7,9-16,25,30H,8,17-19H2,1H3,(H,27,32)(H,28,31). The molecule has 0 heterocycles. The number of nitrogens with one attached hydrogen (secondary N) is 2. The second kappa shape index (κ2) is 11.8. The first-order valence-electron chi connectivity index (χ1n) is 10.7. The summed E-state index contributed by atoms with van der Waals surface area (Å²) >= 11 is 0. The quantitative estimate of drug-likeness (QED) is 0.459. The molecule has 0 aliphatic heterocycles. The Bertz CT molecular complexity index is 952. The fourth-order valence-electron chi connectivity index (χ4n) is 3.69. The maximum Gasteiger partial charge on any atom is 0.251 e. The van der Waals surface area contributed by atoms with E-state index >= 15 is 0 Å². The van der Waals surface area contributed by atoms with E-state index in [1.165, 1.54) is 0 Å². The van der Waals surface area contributed by atoms with Crippen molar-refractivity contribution in [3.8, 4) is 0 Å². The largest absolute Gasteiger partial charge is 0.396 e. The fourth-order valence-corrected chi connectivity index (χ4v) is 3.69. The predicted molar refractivity (Wildman–Crippen MR) is 126 cm³/mol. The van der Waals surface area contributed by atoms with Gasteiger partial charge in [0.2, 0.25) is 5.91 Å². The van der Waals surface area contributed by atoms with Gasteiger partial charge in [0, 0.05) is 31.5 Å². The van der Waals surface area contributed by atoms with Crippen LogP contribution in [0.5, 0.6) is 0 Å². The lowest BCUT2D eigenvalue weighted by Gasteiger charge is -2.32. The Morgan fingerprint density at radius 1 is 0.875 bits per heavy atom. The van der Waals surface area contributed by atoms with Gasteiger partial charge < -0.3 is 15.7 Å². The molecule has 166 valence electrons. The van der Waals surface area contributed by atoms with Crippen LogP contribution in [-0.2, 0) is 4.79 Å². The van der Waals surface area contributed by atoms with Crippen LogP contribution < -0.4 is 10.6 Å². The second-order valence-electron chi connectivity index (χ2n) is 7.48. The normalized spacial score (nSPS) is 10.9. The van der Waals surface area contributed by atoms with E-state index in [0.29, 0.717) is 24.2 Å². The molecule has 3 N–H and O–H groups in total. The topological polar surface area (TPSA) is 81.7 Å². The zero-order chi connectivity index (χ0) is 22.8. The summed E-state index contributed by atoms with van der Waals surface area (Å²) < 4.78 is 0. The van der Waals surface area contributed by atoms with Crippen LogP contribution in [0.25, 0.3) is 0 Å². The first-order chi connectivity index (χ1) is 15.6. The Kier molecular flexibility index (Phi) is 8.54. The minimum atomic E-state index is -0.174. The predicted octanol–water partition coefficient (Wildman–Crippen LogP) is 3.46. The number of anilines is 1.